The van der Waals surface area contributed by atoms with Crippen LogP contribution in [0.1, 0.15) is 72.7 Å². The van der Waals surface area contributed by atoms with Crippen LogP contribution >= 0.6 is 11.3 Å². The van der Waals surface area contributed by atoms with Gasteiger partial charge in [0, 0.05) is 16.5 Å². The summed E-state index contributed by atoms with van der Waals surface area (Å²) in [6.07, 6.45) is 2.14. The van der Waals surface area contributed by atoms with Gasteiger partial charge in [0.15, 0.2) is 17.2 Å². The second-order valence-electron chi connectivity index (χ2n) is 8.86. The monoisotopic (exact) mass is 446 g/mol. The van der Waals surface area contributed by atoms with E-state index in [9.17, 15) is 13.2 Å². The van der Waals surface area contributed by atoms with Crippen molar-refractivity contribution in [3.63, 3.8) is 0 Å². The Morgan fingerprint density at radius 3 is 2.74 bits per heavy atom. The van der Waals surface area contributed by atoms with E-state index in [1.54, 1.807) is 22.2 Å². The molecule has 2 aliphatic rings. The van der Waals surface area contributed by atoms with Gasteiger partial charge in [0.2, 0.25) is 0 Å². The van der Waals surface area contributed by atoms with Crippen LogP contribution in [0, 0.1) is 5.92 Å². The molecule has 0 N–H and O–H groups in total. The Bertz CT molecular complexity index is 1310. The van der Waals surface area contributed by atoms with E-state index in [0.29, 0.717) is 17.4 Å². The molecule has 1 saturated carbocycles. The lowest BCUT2D eigenvalue weighted by Crippen LogP contribution is -2.15. The van der Waals surface area contributed by atoms with Crippen molar-refractivity contribution in [3.8, 4) is 0 Å². The third-order valence-electron chi connectivity index (χ3n) is 6.44. The van der Waals surface area contributed by atoms with E-state index in [4.69, 9.17) is 4.98 Å². The molecule has 162 valence electrons. The number of thiophene rings is 1. The minimum Gasteiger partial charge on any atom is -0.258 e. The Balaban J connectivity index is 1.47. The second kappa shape index (κ2) is 6.51. The largest absolute Gasteiger partial charge is 0.435 e. The molecule has 4 heterocycles. The lowest BCUT2D eigenvalue weighted by atomic mass is 9.89. The lowest BCUT2D eigenvalue weighted by Gasteiger charge is -2.17. The summed E-state index contributed by atoms with van der Waals surface area (Å²) in [5, 5.41) is 9.53. The predicted octanol–water partition coefficient (Wildman–Crippen LogP) is 5.17. The number of hydrogen-bond acceptors (Lipinski definition) is 5. The fourth-order valence-corrected chi connectivity index (χ4v) is 5.93. The Morgan fingerprint density at radius 1 is 1.19 bits per heavy atom. The van der Waals surface area contributed by atoms with Gasteiger partial charge in [0.1, 0.15) is 17.2 Å². The third-order valence-corrected chi connectivity index (χ3v) is 7.60. The molecule has 6 rings (SSSR count). The number of hydrogen-bond donors (Lipinski definition) is 0. The van der Waals surface area contributed by atoms with Crippen LogP contribution in [-0.2, 0) is 19.0 Å². The Kier molecular flexibility index (Phi) is 4.03. The zero-order valence-corrected chi connectivity index (χ0v) is 18.0. The van der Waals surface area contributed by atoms with Crippen LogP contribution in [0.4, 0.5) is 13.2 Å². The Hall–Kier alpha value is -2.49. The predicted molar refractivity (Wildman–Crippen MR) is 110 cm³/mol. The van der Waals surface area contributed by atoms with Gasteiger partial charge in [0.05, 0.1) is 5.39 Å². The molecule has 6 nitrogen and oxygen atoms in total. The number of fused-ring (bicyclic) bond motifs is 5. The van der Waals surface area contributed by atoms with Gasteiger partial charge in [-0.25, -0.2) is 14.5 Å². The summed E-state index contributed by atoms with van der Waals surface area (Å²) in [7, 11) is 0. The zero-order chi connectivity index (χ0) is 21.5. The minimum atomic E-state index is -4.47. The van der Waals surface area contributed by atoms with Crippen LogP contribution in [0.3, 0.4) is 0 Å². The molecule has 0 aliphatic heterocycles. The number of alkyl halides is 3. The summed E-state index contributed by atoms with van der Waals surface area (Å²) >= 11 is 1.72. The Morgan fingerprint density at radius 2 is 2.00 bits per heavy atom. The maximum atomic E-state index is 13.3. The van der Waals surface area contributed by atoms with E-state index in [2.05, 4.69) is 22.1 Å². The van der Waals surface area contributed by atoms with Gasteiger partial charge in [-0.3, -0.25) is 4.68 Å². The third kappa shape index (κ3) is 3.06. The number of aryl methyl sites for hydroxylation is 1. The first-order valence-corrected chi connectivity index (χ1v) is 11.4. The SMILES string of the molecule is C[C@@H]1CCc2c(sc3ncn4nc([C@H](C)n5nc(C(F)(F)F)cc5C5CC5)nc4c23)C1. The molecule has 1 fully saturated rings. The molecule has 2 aliphatic carbocycles. The zero-order valence-electron chi connectivity index (χ0n) is 17.1. The smallest absolute Gasteiger partial charge is 0.258 e. The fourth-order valence-electron chi connectivity index (χ4n) is 4.58. The highest BCUT2D eigenvalue weighted by Gasteiger charge is 2.39. The molecule has 2 atom stereocenters. The molecular weight excluding hydrogens is 425 g/mol. The number of nitrogens with zero attached hydrogens (tertiary/aromatic N) is 6. The molecule has 0 bridgehead atoms. The second-order valence-corrected chi connectivity index (χ2v) is 9.95. The summed E-state index contributed by atoms with van der Waals surface area (Å²) in [5.74, 6) is 1.24. The molecule has 0 radical (unpaired) electrons. The van der Waals surface area contributed by atoms with Crippen LogP contribution in [0.2, 0.25) is 0 Å². The van der Waals surface area contributed by atoms with Crippen LogP contribution in [0.15, 0.2) is 12.4 Å². The summed E-state index contributed by atoms with van der Waals surface area (Å²) in [4.78, 5) is 11.7. The van der Waals surface area contributed by atoms with Gasteiger partial charge in [-0.05, 0) is 56.6 Å². The first-order chi connectivity index (χ1) is 14.8. The fraction of sp³-hybridized carbons (Fsp3) is 0.524. The number of rotatable bonds is 3. The average molecular weight is 447 g/mol. The van der Waals surface area contributed by atoms with Gasteiger partial charge in [-0.2, -0.15) is 18.3 Å². The number of halogens is 3. The van der Waals surface area contributed by atoms with Gasteiger partial charge < -0.3 is 0 Å². The standard InChI is InChI=1S/C21H21F3N6S/c1-10-3-6-13-15(7-10)31-20-17(13)19-26-18(28-29(19)9-25-20)11(2)30-14(12-4-5-12)8-16(27-30)21(22,23)24/h8-12H,3-7H2,1-2H3/t10-,11+/m1/s1. The topological polar surface area (TPSA) is 60.9 Å². The summed E-state index contributed by atoms with van der Waals surface area (Å²) in [5.41, 5.74) is 1.80. The average Bonchev–Trinajstić information content (AvgIpc) is 3.16. The van der Waals surface area contributed by atoms with Gasteiger partial charge in [0.25, 0.3) is 0 Å². The molecular formula is C21H21F3N6S. The van der Waals surface area contributed by atoms with Crippen LogP contribution in [0.5, 0.6) is 0 Å². The van der Waals surface area contributed by atoms with E-state index in [1.165, 1.54) is 21.2 Å². The van der Waals surface area contributed by atoms with Crippen LogP contribution in [-0.4, -0.2) is 29.4 Å². The molecule has 31 heavy (non-hydrogen) atoms. The summed E-state index contributed by atoms with van der Waals surface area (Å²) in [6.45, 7) is 4.08. The quantitative estimate of drug-likeness (QED) is 0.436. The van der Waals surface area contributed by atoms with E-state index >= 15 is 0 Å². The maximum Gasteiger partial charge on any atom is 0.435 e. The molecule has 0 saturated heterocycles. The van der Waals surface area contributed by atoms with Gasteiger partial charge in [-0.1, -0.05) is 6.92 Å². The highest BCUT2D eigenvalue weighted by molar-refractivity contribution is 7.19. The van der Waals surface area contributed by atoms with E-state index in [0.717, 1.165) is 48.0 Å². The number of aromatic nitrogens is 6. The summed E-state index contributed by atoms with van der Waals surface area (Å²) < 4.78 is 43.0. The van der Waals surface area contributed by atoms with Crippen molar-refractivity contribution >= 4 is 27.2 Å². The summed E-state index contributed by atoms with van der Waals surface area (Å²) in [6, 6.07) is 0.677. The highest BCUT2D eigenvalue weighted by Crippen LogP contribution is 2.43. The van der Waals surface area contributed by atoms with Crippen molar-refractivity contribution in [2.45, 2.75) is 64.1 Å². The molecule has 0 amide bonds. The van der Waals surface area contributed by atoms with Crippen molar-refractivity contribution in [1.82, 2.24) is 29.4 Å². The molecule has 10 heteroatoms. The lowest BCUT2D eigenvalue weighted by molar-refractivity contribution is -0.141. The van der Waals surface area contributed by atoms with Gasteiger partial charge in [-0.15, -0.1) is 16.4 Å². The molecule has 0 aromatic carbocycles. The van der Waals surface area contributed by atoms with Crippen molar-refractivity contribution in [2.75, 3.05) is 0 Å². The first-order valence-electron chi connectivity index (χ1n) is 10.6. The van der Waals surface area contributed by atoms with Crippen molar-refractivity contribution in [1.29, 1.82) is 0 Å². The van der Waals surface area contributed by atoms with Crippen molar-refractivity contribution in [3.05, 3.63) is 40.0 Å². The van der Waals surface area contributed by atoms with Crippen LogP contribution in [0.25, 0.3) is 15.9 Å². The van der Waals surface area contributed by atoms with Crippen molar-refractivity contribution in [2.24, 2.45) is 5.92 Å². The van der Waals surface area contributed by atoms with E-state index in [1.807, 2.05) is 6.92 Å². The maximum absolute atomic E-state index is 13.3. The molecule has 4 aromatic rings. The minimum absolute atomic E-state index is 0.127. The molecule has 4 aromatic heterocycles. The van der Waals surface area contributed by atoms with Gasteiger partial charge >= 0.3 is 6.18 Å². The molecule has 0 spiro atoms. The van der Waals surface area contributed by atoms with E-state index in [-0.39, 0.29) is 5.92 Å². The molecule has 0 unspecified atom stereocenters. The first kappa shape index (κ1) is 19.2. The van der Waals surface area contributed by atoms with Crippen molar-refractivity contribution < 1.29 is 13.2 Å². The Labute approximate surface area is 180 Å². The van der Waals surface area contributed by atoms with E-state index < -0.39 is 17.9 Å². The normalized spacial score (nSPS) is 20.5. The van der Waals surface area contributed by atoms with Crippen LogP contribution < -0.4 is 0 Å². The highest BCUT2D eigenvalue weighted by atomic mass is 32.1.